The molecule has 2 aromatic carbocycles. The van der Waals surface area contributed by atoms with Crippen LogP contribution in [0.5, 0.6) is 0 Å². The molecule has 0 aromatic heterocycles. The Bertz CT molecular complexity index is 724. The predicted octanol–water partition coefficient (Wildman–Crippen LogP) is 4.40. The second-order valence-corrected chi connectivity index (χ2v) is 6.79. The third-order valence-corrected chi connectivity index (χ3v) is 4.91. The smallest absolute Gasteiger partial charge is 0.256 e. The molecule has 1 saturated heterocycles. The van der Waals surface area contributed by atoms with Crippen molar-refractivity contribution >= 4 is 17.5 Å². The zero-order valence-corrected chi connectivity index (χ0v) is 14.9. The summed E-state index contributed by atoms with van der Waals surface area (Å²) in [6.45, 7) is 3.47. The van der Waals surface area contributed by atoms with Gasteiger partial charge < -0.3 is 5.32 Å². The molecule has 1 amide bonds. The SMILES string of the molecule is O=C(NCc1ccccc1CN1CCCCC1)c1c(F)cccc1Cl. The van der Waals surface area contributed by atoms with Crippen LogP contribution in [0.4, 0.5) is 4.39 Å². The van der Waals surface area contributed by atoms with Crippen LogP contribution in [-0.4, -0.2) is 23.9 Å². The Morgan fingerprint density at radius 2 is 1.76 bits per heavy atom. The van der Waals surface area contributed by atoms with Gasteiger partial charge in [-0.1, -0.05) is 48.4 Å². The monoisotopic (exact) mass is 360 g/mol. The minimum atomic E-state index is -0.605. The molecule has 1 heterocycles. The minimum Gasteiger partial charge on any atom is -0.348 e. The highest BCUT2D eigenvalue weighted by molar-refractivity contribution is 6.33. The zero-order chi connectivity index (χ0) is 17.6. The molecule has 1 aliphatic heterocycles. The maximum absolute atomic E-state index is 13.9. The van der Waals surface area contributed by atoms with Gasteiger partial charge in [-0.3, -0.25) is 9.69 Å². The summed E-state index contributed by atoms with van der Waals surface area (Å²) in [6.07, 6.45) is 3.78. The molecular formula is C20H22ClFN2O. The van der Waals surface area contributed by atoms with Crippen molar-refractivity contribution in [3.05, 3.63) is 70.0 Å². The van der Waals surface area contributed by atoms with Crippen molar-refractivity contribution in [2.45, 2.75) is 32.4 Å². The summed E-state index contributed by atoms with van der Waals surface area (Å²) >= 11 is 5.96. The fourth-order valence-electron chi connectivity index (χ4n) is 3.22. The van der Waals surface area contributed by atoms with Crippen LogP contribution in [0.3, 0.4) is 0 Å². The van der Waals surface area contributed by atoms with Gasteiger partial charge in [0.05, 0.1) is 10.6 Å². The Morgan fingerprint density at radius 3 is 2.48 bits per heavy atom. The van der Waals surface area contributed by atoms with E-state index in [-0.39, 0.29) is 10.6 Å². The van der Waals surface area contributed by atoms with Gasteiger partial charge in [-0.2, -0.15) is 0 Å². The quantitative estimate of drug-likeness (QED) is 0.857. The highest BCUT2D eigenvalue weighted by Crippen LogP contribution is 2.20. The summed E-state index contributed by atoms with van der Waals surface area (Å²) in [6, 6.07) is 12.3. The van der Waals surface area contributed by atoms with Gasteiger partial charge in [0.25, 0.3) is 5.91 Å². The number of hydrogen-bond acceptors (Lipinski definition) is 2. The van der Waals surface area contributed by atoms with Gasteiger partial charge in [-0.25, -0.2) is 4.39 Å². The molecule has 5 heteroatoms. The van der Waals surface area contributed by atoms with Crippen molar-refractivity contribution in [2.24, 2.45) is 0 Å². The number of nitrogens with one attached hydrogen (secondary N) is 1. The molecule has 1 aliphatic rings. The molecule has 25 heavy (non-hydrogen) atoms. The summed E-state index contributed by atoms with van der Waals surface area (Å²) in [5.41, 5.74) is 2.15. The number of hydrogen-bond donors (Lipinski definition) is 1. The molecule has 3 rings (SSSR count). The molecule has 0 saturated carbocycles. The van der Waals surface area contributed by atoms with Crippen molar-refractivity contribution in [3.8, 4) is 0 Å². The second-order valence-electron chi connectivity index (χ2n) is 6.38. The van der Waals surface area contributed by atoms with E-state index in [1.807, 2.05) is 18.2 Å². The molecule has 3 nitrogen and oxygen atoms in total. The first-order valence-electron chi connectivity index (χ1n) is 8.66. The van der Waals surface area contributed by atoms with Crippen LogP contribution >= 0.6 is 11.6 Å². The number of likely N-dealkylation sites (tertiary alicyclic amines) is 1. The van der Waals surface area contributed by atoms with Crippen LogP contribution < -0.4 is 5.32 Å². The fourth-order valence-corrected chi connectivity index (χ4v) is 3.47. The Hall–Kier alpha value is -1.91. The highest BCUT2D eigenvalue weighted by Gasteiger charge is 2.16. The number of amides is 1. The number of carbonyl (C=O) groups excluding carboxylic acids is 1. The van der Waals surface area contributed by atoms with E-state index in [1.54, 1.807) is 0 Å². The Morgan fingerprint density at radius 1 is 1.04 bits per heavy atom. The highest BCUT2D eigenvalue weighted by atomic mass is 35.5. The van der Waals surface area contributed by atoms with Gasteiger partial charge in [0.2, 0.25) is 0 Å². The van der Waals surface area contributed by atoms with Gasteiger partial charge in [-0.15, -0.1) is 0 Å². The summed E-state index contributed by atoms with van der Waals surface area (Å²) in [7, 11) is 0. The van der Waals surface area contributed by atoms with Crippen LogP contribution in [0.1, 0.15) is 40.7 Å². The molecular weight excluding hydrogens is 339 g/mol. The second kappa shape index (κ2) is 8.45. The number of halogens is 2. The largest absolute Gasteiger partial charge is 0.348 e. The predicted molar refractivity (Wildman–Crippen MR) is 98.2 cm³/mol. The van der Waals surface area contributed by atoms with Gasteiger partial charge in [0.15, 0.2) is 0 Å². The van der Waals surface area contributed by atoms with E-state index in [0.29, 0.717) is 6.54 Å². The zero-order valence-electron chi connectivity index (χ0n) is 14.1. The molecule has 0 unspecified atom stereocenters. The van der Waals surface area contributed by atoms with E-state index in [0.717, 1.165) is 25.2 Å². The average Bonchev–Trinajstić information content (AvgIpc) is 2.62. The molecule has 0 atom stereocenters. The van der Waals surface area contributed by atoms with E-state index in [1.165, 1.54) is 43.0 Å². The molecule has 1 fully saturated rings. The van der Waals surface area contributed by atoms with Crippen LogP contribution in [0, 0.1) is 5.82 Å². The first-order chi connectivity index (χ1) is 12.1. The van der Waals surface area contributed by atoms with Crippen molar-refractivity contribution in [2.75, 3.05) is 13.1 Å². The molecule has 132 valence electrons. The number of carbonyl (C=O) groups is 1. The number of rotatable bonds is 5. The van der Waals surface area contributed by atoms with Gasteiger partial charge in [-0.05, 0) is 49.2 Å². The third-order valence-electron chi connectivity index (χ3n) is 4.59. The number of benzene rings is 2. The number of nitrogens with zero attached hydrogens (tertiary/aromatic N) is 1. The van der Waals surface area contributed by atoms with Crippen molar-refractivity contribution in [1.29, 1.82) is 0 Å². The summed E-state index contributed by atoms with van der Waals surface area (Å²) in [4.78, 5) is 14.8. The summed E-state index contributed by atoms with van der Waals surface area (Å²) in [5, 5.41) is 2.92. The molecule has 0 radical (unpaired) electrons. The molecule has 0 aliphatic carbocycles. The lowest BCUT2D eigenvalue weighted by atomic mass is 10.0. The van der Waals surface area contributed by atoms with Gasteiger partial charge >= 0.3 is 0 Å². The summed E-state index contributed by atoms with van der Waals surface area (Å²) in [5.74, 6) is -1.09. The van der Waals surface area contributed by atoms with E-state index in [4.69, 9.17) is 11.6 Å². The molecule has 0 spiro atoms. The Labute approximate surface area is 152 Å². The van der Waals surface area contributed by atoms with Gasteiger partial charge in [0.1, 0.15) is 5.82 Å². The molecule has 0 bridgehead atoms. The first kappa shape index (κ1) is 17.9. The Kier molecular flexibility index (Phi) is 6.05. The van der Waals surface area contributed by atoms with Gasteiger partial charge in [0, 0.05) is 13.1 Å². The minimum absolute atomic E-state index is 0.0994. The topological polar surface area (TPSA) is 32.3 Å². The first-order valence-corrected chi connectivity index (χ1v) is 9.04. The lowest BCUT2D eigenvalue weighted by Gasteiger charge is -2.27. The average molecular weight is 361 g/mol. The standard InChI is InChI=1S/C20H22ClFN2O/c21-17-9-6-10-18(22)19(17)20(25)23-13-15-7-2-3-8-16(15)14-24-11-4-1-5-12-24/h2-3,6-10H,1,4-5,11-14H2,(H,23,25). The molecule has 2 aromatic rings. The Balaban J connectivity index is 1.68. The summed E-state index contributed by atoms with van der Waals surface area (Å²) < 4.78 is 13.9. The van der Waals surface area contributed by atoms with Crippen LogP contribution in [0.2, 0.25) is 5.02 Å². The van der Waals surface area contributed by atoms with Crippen LogP contribution in [-0.2, 0) is 13.1 Å². The molecule has 1 N–H and O–H groups in total. The maximum atomic E-state index is 13.9. The van der Waals surface area contributed by atoms with E-state index < -0.39 is 11.7 Å². The lowest BCUT2D eigenvalue weighted by molar-refractivity contribution is 0.0947. The van der Waals surface area contributed by atoms with Crippen molar-refractivity contribution in [3.63, 3.8) is 0 Å². The maximum Gasteiger partial charge on any atom is 0.256 e. The van der Waals surface area contributed by atoms with Crippen molar-refractivity contribution in [1.82, 2.24) is 10.2 Å². The van der Waals surface area contributed by atoms with E-state index in [2.05, 4.69) is 16.3 Å². The lowest BCUT2D eigenvalue weighted by Crippen LogP contribution is -2.30. The normalized spacial score (nSPS) is 15.1. The third kappa shape index (κ3) is 4.59. The van der Waals surface area contributed by atoms with Crippen LogP contribution in [0.25, 0.3) is 0 Å². The number of piperidine rings is 1. The van der Waals surface area contributed by atoms with Crippen LogP contribution in [0.15, 0.2) is 42.5 Å². The fraction of sp³-hybridized carbons (Fsp3) is 0.350. The van der Waals surface area contributed by atoms with E-state index in [9.17, 15) is 9.18 Å². The van der Waals surface area contributed by atoms with Crippen molar-refractivity contribution < 1.29 is 9.18 Å². The van der Waals surface area contributed by atoms with E-state index >= 15 is 0 Å².